The number of quaternary nitrogens is 1. The number of rotatable bonds is 3. The first-order chi connectivity index (χ1) is 7.66. The van der Waals surface area contributed by atoms with Crippen molar-refractivity contribution in [2.45, 2.75) is 52.6 Å². The van der Waals surface area contributed by atoms with Crippen molar-refractivity contribution in [2.24, 2.45) is 11.8 Å². The van der Waals surface area contributed by atoms with Crippen molar-refractivity contribution in [3.8, 4) is 0 Å². The summed E-state index contributed by atoms with van der Waals surface area (Å²) in [4.78, 5) is 2.97. The molecule has 0 saturated heterocycles. The monoisotopic (exact) mass is 238 g/mol. The van der Waals surface area contributed by atoms with Gasteiger partial charge in [-0.05, 0) is 44.2 Å². The maximum atomic E-state index is 2.58. The van der Waals surface area contributed by atoms with E-state index in [2.05, 4.69) is 38.2 Å². The summed E-state index contributed by atoms with van der Waals surface area (Å²) in [5.74, 6) is 1.80. The maximum absolute atomic E-state index is 2.58. The zero-order chi connectivity index (χ0) is 11.5. The van der Waals surface area contributed by atoms with Crippen LogP contribution in [-0.2, 0) is 6.54 Å². The van der Waals surface area contributed by atoms with Gasteiger partial charge < -0.3 is 5.32 Å². The molecule has 2 rings (SSSR count). The van der Waals surface area contributed by atoms with Gasteiger partial charge >= 0.3 is 0 Å². The largest absolute Gasteiger partial charge is 0.339 e. The Bertz CT molecular complexity index is 331. The maximum Gasteiger partial charge on any atom is 0.111 e. The second kappa shape index (κ2) is 5.33. The Labute approximate surface area is 103 Å². The summed E-state index contributed by atoms with van der Waals surface area (Å²) < 4.78 is 0. The van der Waals surface area contributed by atoms with E-state index >= 15 is 0 Å². The number of aryl methyl sites for hydroxylation is 1. The molecule has 90 valence electrons. The lowest BCUT2D eigenvalue weighted by molar-refractivity contribution is -0.713. The van der Waals surface area contributed by atoms with Gasteiger partial charge in [-0.3, -0.25) is 0 Å². The van der Waals surface area contributed by atoms with Crippen molar-refractivity contribution < 1.29 is 5.32 Å². The quantitative estimate of drug-likeness (QED) is 0.834. The van der Waals surface area contributed by atoms with Crippen LogP contribution in [0.15, 0.2) is 12.1 Å². The summed E-state index contributed by atoms with van der Waals surface area (Å²) in [5.41, 5.74) is 0. The number of thiophene rings is 1. The molecule has 0 bridgehead atoms. The fraction of sp³-hybridized carbons (Fsp3) is 0.714. The van der Waals surface area contributed by atoms with Crippen LogP contribution in [0.25, 0.3) is 0 Å². The van der Waals surface area contributed by atoms with Crippen LogP contribution in [0, 0.1) is 18.8 Å². The number of nitrogens with two attached hydrogens (primary N) is 1. The van der Waals surface area contributed by atoms with Crippen LogP contribution in [0.2, 0.25) is 0 Å². The van der Waals surface area contributed by atoms with Crippen LogP contribution in [0.4, 0.5) is 0 Å². The van der Waals surface area contributed by atoms with Crippen LogP contribution < -0.4 is 5.32 Å². The highest BCUT2D eigenvalue weighted by Gasteiger charge is 2.29. The lowest BCUT2D eigenvalue weighted by Crippen LogP contribution is -2.90. The van der Waals surface area contributed by atoms with E-state index in [0.29, 0.717) is 0 Å². The van der Waals surface area contributed by atoms with Crippen molar-refractivity contribution in [2.75, 3.05) is 0 Å². The summed E-state index contributed by atoms with van der Waals surface area (Å²) in [5, 5.41) is 2.58. The Kier molecular flexibility index (Phi) is 4.04. The van der Waals surface area contributed by atoms with Crippen LogP contribution in [0.5, 0.6) is 0 Å². The minimum atomic E-state index is 0.853. The highest BCUT2D eigenvalue weighted by atomic mass is 32.1. The SMILES string of the molecule is Cc1ccc(C[NH2+][C@@H]2CCC[C@H](C)[C@H]2C)s1. The molecule has 0 amide bonds. The van der Waals surface area contributed by atoms with E-state index in [-0.39, 0.29) is 0 Å². The molecule has 2 heteroatoms. The molecule has 0 aliphatic heterocycles. The molecule has 0 radical (unpaired) electrons. The summed E-state index contributed by atoms with van der Waals surface area (Å²) >= 11 is 1.95. The first kappa shape index (κ1) is 12.1. The van der Waals surface area contributed by atoms with Crippen LogP contribution >= 0.6 is 11.3 Å². The summed E-state index contributed by atoms with van der Waals surface area (Å²) in [6.45, 7) is 8.23. The molecule has 1 fully saturated rings. The zero-order valence-electron chi connectivity index (χ0n) is 10.7. The van der Waals surface area contributed by atoms with Gasteiger partial charge in [0.05, 0.1) is 10.9 Å². The topological polar surface area (TPSA) is 16.6 Å². The van der Waals surface area contributed by atoms with Crippen molar-refractivity contribution in [1.82, 2.24) is 0 Å². The molecule has 1 aromatic rings. The van der Waals surface area contributed by atoms with Crippen molar-refractivity contribution in [3.05, 3.63) is 21.9 Å². The zero-order valence-corrected chi connectivity index (χ0v) is 11.5. The Morgan fingerprint density at radius 1 is 1.31 bits per heavy atom. The summed E-state index contributed by atoms with van der Waals surface area (Å²) in [7, 11) is 0. The first-order valence-electron chi connectivity index (χ1n) is 6.55. The molecule has 16 heavy (non-hydrogen) atoms. The van der Waals surface area contributed by atoms with E-state index in [1.54, 1.807) is 0 Å². The fourth-order valence-electron chi connectivity index (χ4n) is 2.82. The van der Waals surface area contributed by atoms with Gasteiger partial charge in [0, 0.05) is 10.8 Å². The summed E-state index contributed by atoms with van der Waals surface area (Å²) in [6.07, 6.45) is 4.27. The van der Waals surface area contributed by atoms with E-state index in [1.807, 2.05) is 11.3 Å². The van der Waals surface area contributed by atoms with Crippen LogP contribution in [0.3, 0.4) is 0 Å². The highest BCUT2D eigenvalue weighted by molar-refractivity contribution is 7.11. The molecule has 3 atom stereocenters. The van der Waals surface area contributed by atoms with Gasteiger partial charge in [-0.2, -0.15) is 0 Å². The van der Waals surface area contributed by atoms with Gasteiger partial charge in [0.25, 0.3) is 0 Å². The first-order valence-corrected chi connectivity index (χ1v) is 7.37. The highest BCUT2D eigenvalue weighted by Crippen LogP contribution is 2.27. The third kappa shape index (κ3) is 2.86. The number of hydrogen-bond donors (Lipinski definition) is 1. The van der Waals surface area contributed by atoms with Gasteiger partial charge in [0.1, 0.15) is 6.54 Å². The molecule has 1 saturated carbocycles. The van der Waals surface area contributed by atoms with Crippen LogP contribution in [-0.4, -0.2) is 6.04 Å². The Morgan fingerprint density at radius 2 is 2.12 bits per heavy atom. The van der Waals surface area contributed by atoms with Gasteiger partial charge in [0.2, 0.25) is 0 Å². The minimum Gasteiger partial charge on any atom is -0.339 e. The molecular formula is C14H24NS+. The van der Waals surface area contributed by atoms with Crippen molar-refractivity contribution >= 4 is 11.3 Å². The van der Waals surface area contributed by atoms with E-state index in [1.165, 1.54) is 35.6 Å². The standard InChI is InChI=1S/C14H23NS/c1-10-5-4-6-14(12(10)3)15-9-13-8-7-11(2)16-13/h7-8,10,12,14-15H,4-6,9H2,1-3H3/p+1/t10-,12+,14+/m0/s1. The molecule has 1 nitrogen and oxygen atoms in total. The minimum absolute atomic E-state index is 0.853. The third-order valence-corrected chi connectivity index (χ3v) is 5.21. The van der Waals surface area contributed by atoms with E-state index in [0.717, 1.165) is 17.9 Å². The molecule has 0 spiro atoms. The lowest BCUT2D eigenvalue weighted by Gasteiger charge is -2.32. The molecule has 0 aromatic carbocycles. The van der Waals surface area contributed by atoms with E-state index < -0.39 is 0 Å². The Balaban J connectivity index is 1.85. The molecule has 1 aliphatic carbocycles. The normalized spacial score (nSPS) is 30.6. The Hall–Kier alpha value is -0.340. The fourth-order valence-corrected chi connectivity index (χ4v) is 3.68. The molecule has 2 N–H and O–H groups in total. The smallest absolute Gasteiger partial charge is 0.111 e. The van der Waals surface area contributed by atoms with Gasteiger partial charge in [0.15, 0.2) is 0 Å². The lowest BCUT2D eigenvalue weighted by atomic mass is 9.78. The second-order valence-electron chi connectivity index (χ2n) is 5.38. The van der Waals surface area contributed by atoms with Crippen molar-refractivity contribution in [1.29, 1.82) is 0 Å². The second-order valence-corrected chi connectivity index (χ2v) is 6.76. The van der Waals surface area contributed by atoms with Gasteiger partial charge in [-0.1, -0.05) is 13.8 Å². The number of hydrogen-bond acceptors (Lipinski definition) is 1. The average Bonchev–Trinajstić information content (AvgIpc) is 2.67. The molecule has 1 aromatic heterocycles. The van der Waals surface area contributed by atoms with Crippen molar-refractivity contribution in [3.63, 3.8) is 0 Å². The van der Waals surface area contributed by atoms with Gasteiger partial charge in [-0.25, -0.2) is 0 Å². The molecule has 0 unspecified atom stereocenters. The molecule has 1 aliphatic rings. The molecular weight excluding hydrogens is 214 g/mol. The predicted octanol–water partition coefficient (Wildman–Crippen LogP) is 2.94. The molecule has 1 heterocycles. The third-order valence-electron chi connectivity index (χ3n) is 4.19. The predicted molar refractivity (Wildman–Crippen MR) is 70.7 cm³/mol. The Morgan fingerprint density at radius 3 is 2.81 bits per heavy atom. The van der Waals surface area contributed by atoms with E-state index in [9.17, 15) is 0 Å². The van der Waals surface area contributed by atoms with Crippen LogP contribution in [0.1, 0.15) is 42.9 Å². The van der Waals surface area contributed by atoms with E-state index in [4.69, 9.17) is 0 Å². The van der Waals surface area contributed by atoms with Gasteiger partial charge in [-0.15, -0.1) is 11.3 Å². The average molecular weight is 238 g/mol. The summed E-state index contributed by atoms with van der Waals surface area (Å²) in [6, 6.07) is 5.37.